The van der Waals surface area contributed by atoms with Gasteiger partial charge in [-0.05, 0) is 54.8 Å². The fourth-order valence-corrected chi connectivity index (χ4v) is 4.66. The monoisotopic (exact) mass is 454 g/mol. The van der Waals surface area contributed by atoms with Crippen LogP contribution in [0.1, 0.15) is 25.3 Å². The third-order valence-electron chi connectivity index (χ3n) is 4.80. The Morgan fingerprint density at radius 2 is 2.20 bits per heavy atom. The largest absolute Gasteiger partial charge is 0.376 e. The van der Waals surface area contributed by atoms with Crippen LogP contribution in [-0.2, 0) is 26.1 Å². The lowest BCUT2D eigenvalue weighted by Crippen LogP contribution is -2.25. The van der Waals surface area contributed by atoms with E-state index in [2.05, 4.69) is 20.8 Å². The van der Waals surface area contributed by atoms with E-state index in [1.165, 1.54) is 38.0 Å². The van der Waals surface area contributed by atoms with Crippen LogP contribution in [0.15, 0.2) is 28.3 Å². The molecule has 3 rings (SSSR count). The van der Waals surface area contributed by atoms with Crippen LogP contribution in [0.25, 0.3) is 0 Å². The number of carbonyl (C=O) groups excluding carboxylic acids is 1. The van der Waals surface area contributed by atoms with Crippen molar-refractivity contribution in [2.45, 2.75) is 54.6 Å². The van der Waals surface area contributed by atoms with Gasteiger partial charge in [0.15, 0.2) is 0 Å². The van der Waals surface area contributed by atoms with E-state index in [0.717, 1.165) is 29.3 Å². The summed E-state index contributed by atoms with van der Waals surface area (Å²) in [4.78, 5) is 12.9. The summed E-state index contributed by atoms with van der Waals surface area (Å²) in [5.41, 5.74) is 1.22. The molecule has 0 aliphatic carbocycles. The van der Waals surface area contributed by atoms with Gasteiger partial charge < -0.3 is 10.1 Å². The minimum atomic E-state index is -3.60. The van der Waals surface area contributed by atoms with Gasteiger partial charge in [-0.1, -0.05) is 17.8 Å². The fraction of sp³-hybridized carbons (Fsp3) is 0.556. The number of aromatic nitrogens is 4. The number of hydrogen-bond acceptors (Lipinski definition) is 8. The summed E-state index contributed by atoms with van der Waals surface area (Å²) in [5, 5.41) is 14.6. The Kier molecular flexibility index (Phi) is 7.11. The van der Waals surface area contributed by atoms with Crippen molar-refractivity contribution in [1.29, 1.82) is 0 Å². The lowest BCUT2D eigenvalue weighted by atomic mass is 10.2. The zero-order valence-electron chi connectivity index (χ0n) is 17.4. The molecule has 2 atom stereocenters. The molecule has 30 heavy (non-hydrogen) atoms. The van der Waals surface area contributed by atoms with E-state index >= 15 is 0 Å². The fourth-order valence-electron chi connectivity index (χ4n) is 2.93. The summed E-state index contributed by atoms with van der Waals surface area (Å²) in [6.45, 7) is 4.85. The second-order valence-corrected chi connectivity index (χ2v) is 10.8. The number of hydrogen-bond donors (Lipinski definition) is 1. The Bertz CT molecular complexity index is 1000. The summed E-state index contributed by atoms with van der Waals surface area (Å²) in [7, 11) is -0.665. The molecule has 0 saturated carbocycles. The third kappa shape index (κ3) is 5.17. The summed E-state index contributed by atoms with van der Waals surface area (Å²) < 4.78 is 33.2. The topological polar surface area (TPSA) is 119 Å². The standard InChI is InChI=1S/C18H26N6O4S2/c1-12-7-8-15(30(26,27)23(3)4)10-16(12)19-17(25)13(2)29-18-20-21-22-24(18)11-14-6-5-9-28-14/h7-8,10,13-14H,5-6,9,11H2,1-4H3,(H,19,25). The van der Waals surface area contributed by atoms with Crippen molar-refractivity contribution < 1.29 is 17.9 Å². The average molecular weight is 455 g/mol. The van der Waals surface area contributed by atoms with Gasteiger partial charge in [0, 0.05) is 26.4 Å². The number of anilines is 1. The molecule has 1 fully saturated rings. The summed E-state index contributed by atoms with van der Waals surface area (Å²) >= 11 is 1.24. The van der Waals surface area contributed by atoms with Crippen LogP contribution in [-0.4, -0.2) is 70.9 Å². The van der Waals surface area contributed by atoms with Crippen molar-refractivity contribution in [2.24, 2.45) is 0 Å². The zero-order valence-corrected chi connectivity index (χ0v) is 19.0. The number of tetrazole rings is 1. The van der Waals surface area contributed by atoms with Crippen molar-refractivity contribution in [3.63, 3.8) is 0 Å². The molecule has 10 nitrogen and oxygen atoms in total. The Hall–Kier alpha value is -2.02. The lowest BCUT2D eigenvalue weighted by Gasteiger charge is -2.16. The molecule has 1 aromatic carbocycles. The first kappa shape index (κ1) is 22.7. The number of nitrogens with zero attached hydrogens (tertiary/aromatic N) is 5. The molecular weight excluding hydrogens is 428 g/mol. The minimum absolute atomic E-state index is 0.0843. The predicted octanol–water partition coefficient (Wildman–Crippen LogP) is 1.53. The Labute approximate surface area is 180 Å². The lowest BCUT2D eigenvalue weighted by molar-refractivity contribution is -0.115. The molecule has 2 heterocycles. The van der Waals surface area contributed by atoms with E-state index in [-0.39, 0.29) is 16.9 Å². The number of benzene rings is 1. The molecule has 2 aromatic rings. The first-order valence-electron chi connectivity index (χ1n) is 9.57. The molecule has 1 amide bonds. The van der Waals surface area contributed by atoms with Crippen LogP contribution >= 0.6 is 11.8 Å². The molecule has 164 valence electrons. The van der Waals surface area contributed by atoms with Crippen LogP contribution in [0, 0.1) is 6.92 Å². The first-order valence-corrected chi connectivity index (χ1v) is 11.9. The second kappa shape index (κ2) is 9.41. The van der Waals surface area contributed by atoms with Gasteiger partial charge in [0.25, 0.3) is 0 Å². The SMILES string of the molecule is Cc1ccc(S(=O)(=O)N(C)C)cc1NC(=O)C(C)Sc1nnnn1CC1CCCO1. The Balaban J connectivity index is 1.69. The van der Waals surface area contributed by atoms with Crippen molar-refractivity contribution in [3.8, 4) is 0 Å². The quantitative estimate of drug-likeness (QED) is 0.597. The average Bonchev–Trinajstić information content (AvgIpc) is 3.36. The maximum Gasteiger partial charge on any atom is 0.242 e. The third-order valence-corrected chi connectivity index (χ3v) is 7.68. The molecule has 0 radical (unpaired) electrons. The van der Waals surface area contributed by atoms with Gasteiger partial charge >= 0.3 is 0 Å². The van der Waals surface area contributed by atoms with Crippen LogP contribution in [0.4, 0.5) is 5.69 Å². The van der Waals surface area contributed by atoms with Crippen LogP contribution in [0.3, 0.4) is 0 Å². The number of carbonyl (C=O) groups is 1. The second-order valence-electron chi connectivity index (χ2n) is 7.29. The van der Waals surface area contributed by atoms with E-state index in [4.69, 9.17) is 4.74 Å². The molecule has 1 saturated heterocycles. The number of aryl methyl sites for hydroxylation is 1. The summed E-state index contributed by atoms with van der Waals surface area (Å²) in [5.74, 6) is -0.269. The number of amides is 1. The number of nitrogens with one attached hydrogen (secondary N) is 1. The molecular formula is C18H26N6O4S2. The van der Waals surface area contributed by atoms with Gasteiger partial charge in [-0.25, -0.2) is 17.4 Å². The van der Waals surface area contributed by atoms with Crippen LogP contribution in [0.2, 0.25) is 0 Å². The van der Waals surface area contributed by atoms with E-state index < -0.39 is 15.3 Å². The van der Waals surface area contributed by atoms with Gasteiger partial charge in [-0.3, -0.25) is 4.79 Å². The van der Waals surface area contributed by atoms with Crippen molar-refractivity contribution in [3.05, 3.63) is 23.8 Å². The van der Waals surface area contributed by atoms with E-state index in [1.54, 1.807) is 17.7 Å². The number of sulfonamides is 1. The minimum Gasteiger partial charge on any atom is -0.376 e. The van der Waals surface area contributed by atoms with Crippen LogP contribution in [0.5, 0.6) is 0 Å². The van der Waals surface area contributed by atoms with Crippen molar-refractivity contribution in [2.75, 3.05) is 26.0 Å². The zero-order chi connectivity index (χ0) is 21.9. The van der Waals surface area contributed by atoms with Crippen LogP contribution < -0.4 is 5.32 Å². The molecule has 0 spiro atoms. The van der Waals surface area contributed by atoms with E-state index in [0.29, 0.717) is 17.4 Å². The maximum absolute atomic E-state index is 12.7. The van der Waals surface area contributed by atoms with Gasteiger partial charge in [-0.2, -0.15) is 0 Å². The highest BCUT2D eigenvalue weighted by Gasteiger charge is 2.23. The van der Waals surface area contributed by atoms with E-state index in [9.17, 15) is 13.2 Å². The van der Waals surface area contributed by atoms with Gasteiger partial charge in [0.2, 0.25) is 21.1 Å². The molecule has 2 unspecified atom stereocenters. The summed E-state index contributed by atoms with van der Waals surface area (Å²) in [6, 6.07) is 4.67. The highest BCUT2D eigenvalue weighted by molar-refractivity contribution is 8.00. The van der Waals surface area contributed by atoms with Crippen molar-refractivity contribution >= 4 is 33.4 Å². The van der Waals surface area contributed by atoms with Gasteiger partial charge in [0.05, 0.1) is 22.8 Å². The number of rotatable bonds is 8. The smallest absolute Gasteiger partial charge is 0.242 e. The summed E-state index contributed by atoms with van der Waals surface area (Å²) in [6.07, 6.45) is 2.07. The molecule has 12 heteroatoms. The highest BCUT2D eigenvalue weighted by atomic mass is 32.2. The molecule has 1 N–H and O–H groups in total. The van der Waals surface area contributed by atoms with E-state index in [1.807, 2.05) is 6.92 Å². The Morgan fingerprint density at radius 3 is 2.87 bits per heavy atom. The van der Waals surface area contributed by atoms with Gasteiger partial charge in [0.1, 0.15) is 0 Å². The normalized spacial score (nSPS) is 18.0. The molecule has 1 aliphatic rings. The number of thioether (sulfide) groups is 1. The highest BCUT2D eigenvalue weighted by Crippen LogP contribution is 2.26. The number of ether oxygens (including phenoxy) is 1. The van der Waals surface area contributed by atoms with Gasteiger partial charge in [-0.15, -0.1) is 5.10 Å². The Morgan fingerprint density at radius 1 is 1.43 bits per heavy atom. The molecule has 1 aliphatic heterocycles. The predicted molar refractivity (Wildman–Crippen MR) is 113 cm³/mol. The maximum atomic E-state index is 12.7. The first-order chi connectivity index (χ1) is 14.2. The molecule has 0 bridgehead atoms. The van der Waals surface area contributed by atoms with Crippen molar-refractivity contribution in [1.82, 2.24) is 24.5 Å². The molecule has 1 aromatic heterocycles.